The van der Waals surface area contributed by atoms with E-state index in [1.54, 1.807) is 26.0 Å². The SMILES string of the molecule is C=C(C(=O)OCC)c1c(-c2ccccc2)cc(C(=O)OCC)cc1-c1ccccc1. The van der Waals surface area contributed by atoms with Gasteiger partial charge >= 0.3 is 11.9 Å². The lowest BCUT2D eigenvalue weighted by Gasteiger charge is -2.19. The normalized spacial score (nSPS) is 10.3. The summed E-state index contributed by atoms with van der Waals surface area (Å²) in [6.07, 6.45) is 0. The molecule has 4 heteroatoms. The molecule has 0 radical (unpaired) electrons. The number of hydrogen-bond donors (Lipinski definition) is 0. The van der Waals surface area contributed by atoms with Crippen LogP contribution in [0.15, 0.2) is 79.4 Å². The van der Waals surface area contributed by atoms with Crippen LogP contribution in [0.2, 0.25) is 0 Å². The van der Waals surface area contributed by atoms with Crippen molar-refractivity contribution < 1.29 is 19.1 Å². The zero-order chi connectivity index (χ0) is 21.5. The molecule has 4 nitrogen and oxygen atoms in total. The second-order valence-electron chi connectivity index (χ2n) is 6.60. The molecule has 0 spiro atoms. The Morgan fingerprint density at radius 1 is 0.767 bits per heavy atom. The molecule has 152 valence electrons. The van der Waals surface area contributed by atoms with Gasteiger partial charge in [0.05, 0.1) is 24.4 Å². The zero-order valence-electron chi connectivity index (χ0n) is 17.2. The van der Waals surface area contributed by atoms with Crippen LogP contribution >= 0.6 is 0 Å². The molecule has 3 rings (SSSR count). The van der Waals surface area contributed by atoms with Crippen LogP contribution in [0.1, 0.15) is 29.8 Å². The minimum absolute atomic E-state index is 0.241. The first-order valence-electron chi connectivity index (χ1n) is 9.89. The summed E-state index contributed by atoms with van der Waals surface area (Å²) >= 11 is 0. The van der Waals surface area contributed by atoms with Gasteiger partial charge in [0.2, 0.25) is 0 Å². The third-order valence-corrected chi connectivity index (χ3v) is 4.64. The minimum atomic E-state index is -0.490. The molecule has 0 aliphatic carbocycles. The molecule has 0 heterocycles. The first kappa shape index (κ1) is 21.1. The summed E-state index contributed by atoms with van der Waals surface area (Å²) in [5.41, 5.74) is 4.46. The third-order valence-electron chi connectivity index (χ3n) is 4.64. The molecule has 0 saturated carbocycles. The number of carbonyl (C=O) groups is 2. The van der Waals surface area contributed by atoms with Crippen molar-refractivity contribution in [2.75, 3.05) is 13.2 Å². The third kappa shape index (κ3) is 4.49. The van der Waals surface area contributed by atoms with E-state index in [1.807, 2.05) is 60.7 Å². The molecule has 0 aromatic heterocycles. The van der Waals surface area contributed by atoms with Crippen LogP contribution in [0, 0.1) is 0 Å². The highest BCUT2D eigenvalue weighted by Gasteiger charge is 2.23. The smallest absolute Gasteiger partial charge is 0.338 e. The Hall–Kier alpha value is -3.66. The molecular formula is C26H24O4. The van der Waals surface area contributed by atoms with Gasteiger partial charge in [-0.15, -0.1) is 0 Å². The summed E-state index contributed by atoms with van der Waals surface area (Å²) in [5, 5.41) is 0. The van der Waals surface area contributed by atoms with Crippen LogP contribution in [-0.2, 0) is 14.3 Å². The highest BCUT2D eigenvalue weighted by Crippen LogP contribution is 2.38. The van der Waals surface area contributed by atoms with Crippen molar-refractivity contribution in [1.29, 1.82) is 0 Å². The Labute approximate surface area is 176 Å². The maximum Gasteiger partial charge on any atom is 0.338 e. The quantitative estimate of drug-likeness (QED) is 0.373. The van der Waals surface area contributed by atoms with Crippen LogP contribution in [-0.4, -0.2) is 25.2 Å². The number of carbonyl (C=O) groups excluding carboxylic acids is 2. The molecule has 0 unspecified atom stereocenters. The maximum atomic E-state index is 12.6. The van der Waals surface area contributed by atoms with E-state index in [0.717, 1.165) is 22.3 Å². The summed E-state index contributed by atoms with van der Waals surface area (Å²) in [5.74, 6) is -0.907. The molecule has 0 amide bonds. The Morgan fingerprint density at radius 2 is 1.23 bits per heavy atom. The van der Waals surface area contributed by atoms with E-state index in [1.165, 1.54) is 0 Å². The summed E-state index contributed by atoms with van der Waals surface area (Å²) in [6.45, 7) is 8.09. The van der Waals surface area contributed by atoms with Crippen molar-refractivity contribution in [1.82, 2.24) is 0 Å². The molecule has 0 fully saturated rings. The van der Waals surface area contributed by atoms with Crippen molar-refractivity contribution in [2.24, 2.45) is 0 Å². The zero-order valence-corrected chi connectivity index (χ0v) is 17.2. The Balaban J connectivity index is 2.34. The minimum Gasteiger partial charge on any atom is -0.462 e. The first-order chi connectivity index (χ1) is 14.6. The molecule has 30 heavy (non-hydrogen) atoms. The lowest BCUT2D eigenvalue weighted by atomic mass is 9.86. The van der Waals surface area contributed by atoms with Gasteiger partial charge in [-0.3, -0.25) is 0 Å². The Kier molecular flexibility index (Phi) is 6.81. The average Bonchev–Trinajstić information content (AvgIpc) is 2.79. The number of esters is 2. The van der Waals surface area contributed by atoms with Gasteiger partial charge in [0.1, 0.15) is 0 Å². The predicted octanol–water partition coefficient (Wildman–Crippen LogP) is 5.77. The van der Waals surface area contributed by atoms with E-state index in [0.29, 0.717) is 11.1 Å². The molecule has 0 N–H and O–H groups in total. The van der Waals surface area contributed by atoms with Gasteiger partial charge in [-0.1, -0.05) is 67.2 Å². The summed E-state index contributed by atoms with van der Waals surface area (Å²) in [4.78, 5) is 25.2. The molecule has 0 aliphatic heterocycles. The van der Waals surface area contributed by atoms with Gasteiger partial charge in [-0.05, 0) is 48.2 Å². The highest BCUT2D eigenvalue weighted by molar-refractivity contribution is 6.20. The van der Waals surface area contributed by atoms with Gasteiger partial charge in [0.25, 0.3) is 0 Å². The molecule has 0 atom stereocenters. The molecule has 0 aliphatic rings. The van der Waals surface area contributed by atoms with Crippen molar-refractivity contribution >= 4 is 17.5 Å². The van der Waals surface area contributed by atoms with Gasteiger partial charge in [-0.2, -0.15) is 0 Å². The monoisotopic (exact) mass is 400 g/mol. The first-order valence-corrected chi connectivity index (χ1v) is 9.89. The number of rotatable bonds is 7. The molecule has 0 bridgehead atoms. The predicted molar refractivity (Wildman–Crippen MR) is 119 cm³/mol. The van der Waals surface area contributed by atoms with E-state index in [9.17, 15) is 9.59 Å². The van der Waals surface area contributed by atoms with Gasteiger partial charge in [0, 0.05) is 5.56 Å². The fourth-order valence-electron chi connectivity index (χ4n) is 3.31. The average molecular weight is 400 g/mol. The van der Waals surface area contributed by atoms with E-state index >= 15 is 0 Å². The van der Waals surface area contributed by atoms with Crippen LogP contribution in [0.3, 0.4) is 0 Å². The van der Waals surface area contributed by atoms with E-state index < -0.39 is 11.9 Å². The fraction of sp³-hybridized carbons (Fsp3) is 0.154. The van der Waals surface area contributed by atoms with Crippen molar-refractivity contribution in [3.63, 3.8) is 0 Å². The standard InChI is InChI=1S/C26H24O4/c1-4-29-25(27)18(3)24-22(19-12-8-6-9-13-19)16-21(26(28)30-5-2)17-23(24)20-14-10-7-11-15-20/h6-17H,3-5H2,1-2H3. The summed E-state index contributed by atoms with van der Waals surface area (Å²) < 4.78 is 10.5. The molecular weight excluding hydrogens is 376 g/mol. The molecule has 3 aromatic carbocycles. The van der Waals surface area contributed by atoms with Crippen molar-refractivity contribution in [3.8, 4) is 22.3 Å². The van der Waals surface area contributed by atoms with E-state index in [-0.39, 0.29) is 18.8 Å². The fourth-order valence-corrected chi connectivity index (χ4v) is 3.31. The molecule has 3 aromatic rings. The lowest BCUT2D eigenvalue weighted by molar-refractivity contribution is -0.136. The highest BCUT2D eigenvalue weighted by atomic mass is 16.5. The summed E-state index contributed by atoms with van der Waals surface area (Å²) in [6, 6.07) is 22.7. The number of ether oxygens (including phenoxy) is 2. The second-order valence-corrected chi connectivity index (χ2v) is 6.60. The lowest BCUT2D eigenvalue weighted by Crippen LogP contribution is -2.10. The topological polar surface area (TPSA) is 52.6 Å². The van der Waals surface area contributed by atoms with Crippen LogP contribution < -0.4 is 0 Å². The summed E-state index contributed by atoms with van der Waals surface area (Å²) in [7, 11) is 0. The van der Waals surface area contributed by atoms with Gasteiger partial charge in [-0.25, -0.2) is 9.59 Å². The van der Waals surface area contributed by atoms with Crippen molar-refractivity contribution in [2.45, 2.75) is 13.8 Å². The van der Waals surface area contributed by atoms with E-state index in [2.05, 4.69) is 6.58 Å². The number of benzene rings is 3. The largest absolute Gasteiger partial charge is 0.462 e. The van der Waals surface area contributed by atoms with Gasteiger partial charge in [0.15, 0.2) is 0 Å². The second kappa shape index (κ2) is 9.70. The molecule has 0 saturated heterocycles. The van der Waals surface area contributed by atoms with Gasteiger partial charge < -0.3 is 9.47 Å². The Bertz CT molecular complexity index is 992. The van der Waals surface area contributed by atoms with Crippen LogP contribution in [0.25, 0.3) is 27.8 Å². The van der Waals surface area contributed by atoms with Crippen LogP contribution in [0.5, 0.6) is 0 Å². The van der Waals surface area contributed by atoms with Crippen LogP contribution in [0.4, 0.5) is 0 Å². The maximum absolute atomic E-state index is 12.6. The van der Waals surface area contributed by atoms with Crippen molar-refractivity contribution in [3.05, 3.63) is 90.5 Å². The Morgan fingerprint density at radius 3 is 1.67 bits per heavy atom. The number of hydrogen-bond acceptors (Lipinski definition) is 4. The van der Waals surface area contributed by atoms with E-state index in [4.69, 9.17) is 9.47 Å².